The van der Waals surface area contributed by atoms with Gasteiger partial charge in [0.15, 0.2) is 0 Å². The summed E-state index contributed by atoms with van der Waals surface area (Å²) in [7, 11) is -3.51. The Kier molecular flexibility index (Phi) is 4.39. The number of hydrogen-bond donors (Lipinski definition) is 0. The molecular formula is C18H15BrN2O2S2. The predicted octanol–water partition coefficient (Wildman–Crippen LogP) is 4.71. The molecule has 0 amide bonds. The summed E-state index contributed by atoms with van der Waals surface area (Å²) in [6.45, 7) is 0.493. The van der Waals surface area contributed by atoms with Gasteiger partial charge in [0.25, 0.3) is 10.0 Å². The van der Waals surface area contributed by atoms with Gasteiger partial charge in [-0.15, -0.1) is 11.3 Å². The lowest BCUT2D eigenvalue weighted by Crippen LogP contribution is -2.35. The Morgan fingerprint density at radius 3 is 2.60 bits per heavy atom. The first-order valence-electron chi connectivity index (χ1n) is 7.88. The van der Waals surface area contributed by atoms with E-state index in [9.17, 15) is 8.42 Å². The van der Waals surface area contributed by atoms with Crippen molar-refractivity contribution in [3.05, 3.63) is 64.1 Å². The van der Waals surface area contributed by atoms with E-state index in [4.69, 9.17) is 4.98 Å². The Bertz CT molecular complexity index is 1000. The molecule has 0 aliphatic carbocycles. The normalized spacial score (nSPS) is 14.4. The summed E-state index contributed by atoms with van der Waals surface area (Å²) < 4.78 is 28.7. The van der Waals surface area contributed by atoms with Gasteiger partial charge in [-0.3, -0.25) is 9.29 Å². The molecule has 2 aromatic heterocycles. The fourth-order valence-electron chi connectivity index (χ4n) is 2.97. The molecule has 0 saturated heterocycles. The molecule has 7 heteroatoms. The second-order valence-electron chi connectivity index (χ2n) is 5.78. The average molecular weight is 435 g/mol. The van der Waals surface area contributed by atoms with Crippen LogP contribution >= 0.6 is 27.3 Å². The van der Waals surface area contributed by atoms with E-state index in [0.717, 1.165) is 34.3 Å². The van der Waals surface area contributed by atoms with Crippen LogP contribution in [0.4, 0.5) is 5.69 Å². The number of sulfonamides is 1. The van der Waals surface area contributed by atoms with Gasteiger partial charge in [0.2, 0.25) is 0 Å². The fourth-order valence-corrected chi connectivity index (χ4v) is 5.86. The van der Waals surface area contributed by atoms with Crippen LogP contribution < -0.4 is 4.31 Å². The quantitative estimate of drug-likeness (QED) is 0.599. The summed E-state index contributed by atoms with van der Waals surface area (Å²) in [6.07, 6.45) is 1.56. The maximum absolute atomic E-state index is 12.9. The van der Waals surface area contributed by atoms with Gasteiger partial charge in [-0.05, 0) is 48.6 Å². The molecule has 4 rings (SSSR count). The van der Waals surface area contributed by atoms with E-state index >= 15 is 0 Å². The number of hydrogen-bond acceptors (Lipinski definition) is 4. The van der Waals surface area contributed by atoms with Crippen LogP contribution in [0.15, 0.2) is 62.6 Å². The average Bonchev–Trinajstić information content (AvgIpc) is 3.17. The molecule has 4 nitrogen and oxygen atoms in total. The fraction of sp³-hybridized carbons (Fsp3) is 0.167. The molecule has 1 aliphatic rings. The maximum atomic E-state index is 12.9. The molecule has 1 aliphatic heterocycles. The Morgan fingerprint density at radius 1 is 1.08 bits per heavy atom. The van der Waals surface area contributed by atoms with E-state index in [2.05, 4.69) is 15.9 Å². The van der Waals surface area contributed by atoms with E-state index in [1.165, 1.54) is 15.6 Å². The molecule has 3 aromatic rings. The predicted molar refractivity (Wildman–Crippen MR) is 105 cm³/mol. The van der Waals surface area contributed by atoms with Crippen molar-refractivity contribution in [2.75, 3.05) is 10.8 Å². The van der Waals surface area contributed by atoms with Crippen molar-refractivity contribution < 1.29 is 8.42 Å². The number of anilines is 1. The van der Waals surface area contributed by atoms with Crippen molar-refractivity contribution in [3.8, 4) is 11.3 Å². The third-order valence-electron chi connectivity index (χ3n) is 4.17. The minimum atomic E-state index is -3.51. The van der Waals surface area contributed by atoms with Crippen LogP contribution in [0.25, 0.3) is 11.3 Å². The number of fused-ring (bicyclic) bond motifs is 1. The molecule has 0 spiro atoms. The number of aromatic nitrogens is 1. The molecule has 0 radical (unpaired) electrons. The van der Waals surface area contributed by atoms with Crippen LogP contribution in [0.5, 0.6) is 0 Å². The van der Waals surface area contributed by atoms with Crippen LogP contribution in [0, 0.1) is 0 Å². The first-order valence-corrected chi connectivity index (χ1v) is 11.0. The molecular weight excluding hydrogens is 420 g/mol. The molecule has 0 fully saturated rings. The minimum absolute atomic E-state index is 0.373. The highest BCUT2D eigenvalue weighted by Gasteiger charge is 2.30. The number of nitrogens with zero attached hydrogens (tertiary/aromatic N) is 2. The lowest BCUT2D eigenvalue weighted by Gasteiger charge is -2.29. The topological polar surface area (TPSA) is 50.3 Å². The molecule has 0 atom stereocenters. The van der Waals surface area contributed by atoms with E-state index in [-0.39, 0.29) is 0 Å². The standard InChI is InChI=1S/C18H15BrN2O2S2/c19-14-7-5-13(6-8-14)15-9-10-17-16(20-15)3-1-11-21(17)25(22,23)18-4-2-12-24-18/h2,4-10,12H,1,3,11H2. The number of pyridine rings is 1. The third-order valence-corrected chi connectivity index (χ3v) is 7.89. The molecule has 25 heavy (non-hydrogen) atoms. The van der Waals surface area contributed by atoms with E-state index < -0.39 is 10.0 Å². The largest absolute Gasteiger partial charge is 0.273 e. The van der Waals surface area contributed by atoms with Crippen LogP contribution in [0.2, 0.25) is 0 Å². The summed E-state index contributed by atoms with van der Waals surface area (Å²) >= 11 is 4.68. The van der Waals surface area contributed by atoms with Gasteiger partial charge in [0.1, 0.15) is 4.21 Å². The second-order valence-corrected chi connectivity index (χ2v) is 9.73. The Hall–Kier alpha value is -1.70. The Labute approximate surface area is 159 Å². The maximum Gasteiger partial charge on any atom is 0.273 e. The summed E-state index contributed by atoms with van der Waals surface area (Å²) in [4.78, 5) is 4.74. The number of rotatable bonds is 3. The van der Waals surface area contributed by atoms with Gasteiger partial charge in [-0.2, -0.15) is 0 Å². The van der Waals surface area contributed by atoms with Crippen LogP contribution in [-0.2, 0) is 16.4 Å². The minimum Gasteiger partial charge on any atom is -0.264 e. The van der Waals surface area contributed by atoms with Gasteiger partial charge < -0.3 is 0 Å². The molecule has 1 aromatic carbocycles. The van der Waals surface area contributed by atoms with Crippen molar-refractivity contribution in [2.24, 2.45) is 0 Å². The van der Waals surface area contributed by atoms with Gasteiger partial charge in [0.05, 0.1) is 17.1 Å². The van der Waals surface area contributed by atoms with Crippen molar-refractivity contribution in [3.63, 3.8) is 0 Å². The van der Waals surface area contributed by atoms with Gasteiger partial charge in [-0.25, -0.2) is 8.42 Å². The summed E-state index contributed by atoms with van der Waals surface area (Å²) in [6, 6.07) is 15.1. The highest BCUT2D eigenvalue weighted by Crippen LogP contribution is 2.34. The molecule has 0 unspecified atom stereocenters. The number of benzene rings is 1. The van der Waals surface area contributed by atoms with Gasteiger partial charge in [0, 0.05) is 16.6 Å². The van der Waals surface area contributed by atoms with Crippen molar-refractivity contribution in [2.45, 2.75) is 17.1 Å². The summed E-state index contributed by atoms with van der Waals surface area (Å²) in [5, 5.41) is 1.78. The third kappa shape index (κ3) is 3.12. The lowest BCUT2D eigenvalue weighted by molar-refractivity contribution is 0.588. The van der Waals surface area contributed by atoms with Crippen LogP contribution in [0.1, 0.15) is 12.1 Å². The number of thiophene rings is 1. The zero-order valence-electron chi connectivity index (χ0n) is 13.2. The Morgan fingerprint density at radius 2 is 1.88 bits per heavy atom. The van der Waals surface area contributed by atoms with Crippen molar-refractivity contribution >= 4 is 43.0 Å². The molecule has 128 valence electrons. The molecule has 0 bridgehead atoms. The van der Waals surface area contributed by atoms with E-state index in [0.29, 0.717) is 16.4 Å². The Balaban J connectivity index is 1.75. The van der Waals surface area contributed by atoms with Crippen molar-refractivity contribution in [1.82, 2.24) is 4.98 Å². The lowest BCUT2D eigenvalue weighted by atomic mass is 10.1. The summed E-state index contributed by atoms with van der Waals surface area (Å²) in [5.41, 5.74) is 3.41. The number of halogens is 1. The van der Waals surface area contributed by atoms with E-state index in [1.54, 1.807) is 17.5 Å². The first-order chi connectivity index (χ1) is 12.1. The monoisotopic (exact) mass is 434 g/mol. The molecule has 3 heterocycles. The highest BCUT2D eigenvalue weighted by molar-refractivity contribution is 9.10. The van der Waals surface area contributed by atoms with Gasteiger partial charge in [-0.1, -0.05) is 34.1 Å². The first kappa shape index (κ1) is 16.8. The second kappa shape index (κ2) is 6.55. The zero-order valence-corrected chi connectivity index (χ0v) is 16.4. The van der Waals surface area contributed by atoms with Crippen LogP contribution in [0.3, 0.4) is 0 Å². The molecule has 0 N–H and O–H groups in total. The summed E-state index contributed by atoms with van der Waals surface area (Å²) in [5.74, 6) is 0. The van der Waals surface area contributed by atoms with Crippen LogP contribution in [-0.4, -0.2) is 19.9 Å². The zero-order chi connectivity index (χ0) is 17.4. The van der Waals surface area contributed by atoms with Gasteiger partial charge >= 0.3 is 0 Å². The molecule has 0 saturated carbocycles. The smallest absolute Gasteiger partial charge is 0.264 e. The van der Waals surface area contributed by atoms with E-state index in [1.807, 2.05) is 36.4 Å². The number of aryl methyl sites for hydroxylation is 1. The van der Waals surface area contributed by atoms with Crippen molar-refractivity contribution in [1.29, 1.82) is 0 Å². The highest BCUT2D eigenvalue weighted by atomic mass is 79.9. The SMILES string of the molecule is O=S(=O)(c1cccs1)N1CCCc2nc(-c3ccc(Br)cc3)ccc21.